The first-order valence-electron chi connectivity index (χ1n) is 5.68. The summed E-state index contributed by atoms with van der Waals surface area (Å²) < 4.78 is 103. The van der Waals surface area contributed by atoms with Crippen LogP contribution >= 0.6 is 0 Å². The minimum atomic E-state index is -5.89. The van der Waals surface area contributed by atoms with Gasteiger partial charge >= 0.3 is 22.0 Å². The Balaban J connectivity index is 2.44. The summed E-state index contributed by atoms with van der Waals surface area (Å²) in [6.07, 6.45) is -4.94. The summed E-state index contributed by atoms with van der Waals surface area (Å²) in [5.41, 5.74) is -5.63. The van der Waals surface area contributed by atoms with Gasteiger partial charge in [-0.2, -0.15) is 21.6 Å². The fourth-order valence-corrected chi connectivity index (χ4v) is 2.14. The Kier molecular flexibility index (Phi) is 4.09. The lowest BCUT2D eigenvalue weighted by Gasteiger charge is -2.13. The van der Waals surface area contributed by atoms with Gasteiger partial charge in [0.15, 0.2) is 5.75 Å². The van der Waals surface area contributed by atoms with Crippen molar-refractivity contribution >= 4 is 20.9 Å². The molecule has 0 aliphatic heterocycles. The van der Waals surface area contributed by atoms with Crippen molar-refractivity contribution in [3.8, 4) is 11.5 Å². The average molecular weight is 360 g/mol. The number of ether oxygens (including phenoxy) is 1. The molecule has 0 spiro atoms. The first-order chi connectivity index (χ1) is 10.4. The second kappa shape index (κ2) is 5.48. The van der Waals surface area contributed by atoms with E-state index in [1.807, 2.05) is 0 Å². The molecule has 0 aliphatic rings. The zero-order chi connectivity index (χ0) is 17.5. The summed E-state index contributed by atoms with van der Waals surface area (Å²) >= 11 is 0. The molecular formula is C12H6F6O4S. The van der Waals surface area contributed by atoms with Gasteiger partial charge < -0.3 is 8.92 Å². The molecule has 2 aromatic rings. The molecule has 0 heterocycles. The van der Waals surface area contributed by atoms with E-state index in [0.717, 1.165) is 30.3 Å². The lowest BCUT2D eigenvalue weighted by molar-refractivity contribution is -0.274. The van der Waals surface area contributed by atoms with Crippen molar-refractivity contribution in [3.05, 3.63) is 36.4 Å². The Morgan fingerprint density at radius 1 is 0.913 bits per heavy atom. The van der Waals surface area contributed by atoms with Crippen molar-refractivity contribution in [2.45, 2.75) is 11.9 Å². The molecular weight excluding hydrogens is 354 g/mol. The van der Waals surface area contributed by atoms with Crippen LogP contribution in [0.3, 0.4) is 0 Å². The van der Waals surface area contributed by atoms with E-state index in [-0.39, 0.29) is 10.8 Å². The zero-order valence-electron chi connectivity index (χ0n) is 10.8. The first-order valence-corrected chi connectivity index (χ1v) is 7.09. The minimum Gasteiger partial charge on any atom is -0.406 e. The summed E-state index contributed by atoms with van der Waals surface area (Å²) in [5.74, 6) is -1.28. The largest absolute Gasteiger partial charge is 0.573 e. The fraction of sp³-hybridized carbons (Fsp3) is 0.167. The van der Waals surface area contributed by atoms with E-state index in [2.05, 4.69) is 8.92 Å². The van der Waals surface area contributed by atoms with E-state index in [9.17, 15) is 34.8 Å². The van der Waals surface area contributed by atoms with Crippen LogP contribution in [-0.4, -0.2) is 20.3 Å². The molecule has 126 valence electrons. The van der Waals surface area contributed by atoms with Gasteiger partial charge in [-0.1, -0.05) is 12.1 Å². The van der Waals surface area contributed by atoms with Crippen LogP contribution in [0, 0.1) is 0 Å². The number of rotatable bonds is 3. The highest BCUT2D eigenvalue weighted by molar-refractivity contribution is 7.88. The second-order valence-corrected chi connectivity index (χ2v) is 5.71. The Hall–Kier alpha value is -2.17. The molecule has 11 heteroatoms. The smallest absolute Gasteiger partial charge is 0.406 e. The number of halogens is 6. The van der Waals surface area contributed by atoms with Crippen molar-refractivity contribution in [2.75, 3.05) is 0 Å². The maximum absolute atomic E-state index is 12.3. The second-order valence-electron chi connectivity index (χ2n) is 4.17. The van der Waals surface area contributed by atoms with Crippen molar-refractivity contribution in [1.82, 2.24) is 0 Å². The van der Waals surface area contributed by atoms with E-state index >= 15 is 0 Å². The Bertz CT molecular complexity index is 826. The highest BCUT2D eigenvalue weighted by atomic mass is 32.2. The van der Waals surface area contributed by atoms with E-state index in [1.165, 1.54) is 6.07 Å². The van der Waals surface area contributed by atoms with Gasteiger partial charge in [-0.3, -0.25) is 0 Å². The van der Waals surface area contributed by atoms with Gasteiger partial charge in [0.1, 0.15) is 5.75 Å². The lowest BCUT2D eigenvalue weighted by atomic mass is 10.1. The minimum absolute atomic E-state index is 0.00150. The van der Waals surface area contributed by atoms with Crippen LogP contribution in [0.15, 0.2) is 36.4 Å². The van der Waals surface area contributed by atoms with Crippen LogP contribution in [-0.2, 0) is 10.1 Å². The van der Waals surface area contributed by atoms with Crippen LogP contribution in [0.2, 0.25) is 0 Å². The zero-order valence-corrected chi connectivity index (χ0v) is 11.6. The van der Waals surface area contributed by atoms with Crippen molar-refractivity contribution < 1.29 is 43.7 Å². The molecule has 0 fully saturated rings. The van der Waals surface area contributed by atoms with E-state index in [1.54, 1.807) is 0 Å². The molecule has 0 N–H and O–H groups in total. The molecule has 0 aromatic heterocycles. The first kappa shape index (κ1) is 17.2. The third-order valence-corrected chi connectivity index (χ3v) is 3.49. The predicted octanol–water partition coefficient (Wildman–Crippen LogP) is 3.97. The molecule has 0 saturated heterocycles. The SMILES string of the molecule is O=S(=O)(Oc1cccc2cc(OC(F)(F)F)ccc12)C(F)(F)F. The molecule has 0 amide bonds. The summed E-state index contributed by atoms with van der Waals surface area (Å²) in [6, 6.07) is 5.99. The van der Waals surface area contributed by atoms with Crippen molar-refractivity contribution in [3.63, 3.8) is 0 Å². The molecule has 0 radical (unpaired) electrons. The maximum Gasteiger partial charge on any atom is 0.573 e. The highest BCUT2D eigenvalue weighted by Gasteiger charge is 2.48. The molecule has 2 rings (SSSR count). The third kappa shape index (κ3) is 3.97. The van der Waals surface area contributed by atoms with Crippen LogP contribution in [0.25, 0.3) is 10.8 Å². The summed E-state index contributed by atoms with van der Waals surface area (Å²) in [4.78, 5) is 0. The van der Waals surface area contributed by atoms with Gasteiger partial charge in [0.2, 0.25) is 0 Å². The number of hydrogen-bond acceptors (Lipinski definition) is 4. The summed E-state index contributed by atoms with van der Waals surface area (Å²) in [6.45, 7) is 0. The predicted molar refractivity (Wildman–Crippen MR) is 66.2 cm³/mol. The van der Waals surface area contributed by atoms with E-state index in [0.29, 0.717) is 0 Å². The molecule has 0 atom stereocenters. The molecule has 0 bridgehead atoms. The van der Waals surface area contributed by atoms with Crippen LogP contribution in [0.4, 0.5) is 26.3 Å². The summed E-state index contributed by atoms with van der Waals surface area (Å²) in [5, 5.41) is -0.128. The van der Waals surface area contributed by atoms with Crippen molar-refractivity contribution in [1.29, 1.82) is 0 Å². The molecule has 23 heavy (non-hydrogen) atoms. The molecule has 0 unspecified atom stereocenters. The lowest BCUT2D eigenvalue weighted by Crippen LogP contribution is -2.28. The Morgan fingerprint density at radius 2 is 1.57 bits per heavy atom. The van der Waals surface area contributed by atoms with Gasteiger partial charge in [-0.05, 0) is 29.7 Å². The molecule has 2 aromatic carbocycles. The number of alkyl halides is 6. The van der Waals surface area contributed by atoms with Gasteiger partial charge in [0.25, 0.3) is 0 Å². The standard InChI is InChI=1S/C12H6F6O4S/c13-11(14,15)21-8-4-5-9-7(6-8)2-1-3-10(9)22-23(19,20)12(16,17)18/h1-6H. The topological polar surface area (TPSA) is 52.6 Å². The fourth-order valence-electron chi connectivity index (χ4n) is 1.67. The number of hydrogen-bond donors (Lipinski definition) is 0. The monoisotopic (exact) mass is 360 g/mol. The summed E-state index contributed by atoms with van der Waals surface area (Å²) in [7, 11) is -5.89. The quantitative estimate of drug-likeness (QED) is 0.472. The van der Waals surface area contributed by atoms with Crippen LogP contribution in [0.1, 0.15) is 0 Å². The number of benzene rings is 2. The van der Waals surface area contributed by atoms with E-state index < -0.39 is 33.5 Å². The van der Waals surface area contributed by atoms with Crippen LogP contribution < -0.4 is 8.92 Å². The van der Waals surface area contributed by atoms with Gasteiger partial charge in [0.05, 0.1) is 0 Å². The third-order valence-electron chi connectivity index (χ3n) is 2.53. The molecule has 0 aliphatic carbocycles. The molecule has 0 saturated carbocycles. The van der Waals surface area contributed by atoms with Gasteiger partial charge in [0, 0.05) is 5.39 Å². The van der Waals surface area contributed by atoms with Crippen LogP contribution in [0.5, 0.6) is 11.5 Å². The maximum atomic E-state index is 12.3. The Labute approximate surface area is 125 Å². The normalized spacial score (nSPS) is 13.1. The van der Waals surface area contributed by atoms with E-state index in [4.69, 9.17) is 0 Å². The van der Waals surface area contributed by atoms with Gasteiger partial charge in [-0.15, -0.1) is 13.2 Å². The van der Waals surface area contributed by atoms with Gasteiger partial charge in [-0.25, -0.2) is 0 Å². The Morgan fingerprint density at radius 3 is 2.13 bits per heavy atom. The van der Waals surface area contributed by atoms with Crippen molar-refractivity contribution in [2.24, 2.45) is 0 Å². The molecule has 4 nitrogen and oxygen atoms in total. The average Bonchev–Trinajstić information content (AvgIpc) is 2.35. The number of fused-ring (bicyclic) bond motifs is 1. The highest BCUT2D eigenvalue weighted by Crippen LogP contribution is 2.34.